The molecule has 0 aliphatic carbocycles. The van der Waals surface area contributed by atoms with Crippen molar-refractivity contribution in [3.05, 3.63) is 57.6 Å². The molecule has 0 aromatic heterocycles. The summed E-state index contributed by atoms with van der Waals surface area (Å²) >= 11 is 5.97. The molecule has 0 N–H and O–H groups in total. The molecule has 0 saturated heterocycles. The van der Waals surface area contributed by atoms with E-state index >= 15 is 0 Å². The number of halogens is 1. The van der Waals surface area contributed by atoms with Crippen molar-refractivity contribution in [1.82, 2.24) is 0 Å². The lowest BCUT2D eigenvalue weighted by Crippen LogP contribution is -2.27. The Labute approximate surface area is 173 Å². The van der Waals surface area contributed by atoms with Crippen molar-refractivity contribution >= 4 is 51.7 Å². The maximum atomic E-state index is 12.9. The van der Waals surface area contributed by atoms with Gasteiger partial charge in [0.1, 0.15) is 5.69 Å². The fourth-order valence-electron chi connectivity index (χ4n) is 3.07. The van der Waals surface area contributed by atoms with Gasteiger partial charge in [-0.25, -0.2) is 4.99 Å². The Morgan fingerprint density at radius 2 is 1.83 bits per heavy atom. The van der Waals surface area contributed by atoms with Gasteiger partial charge in [0, 0.05) is 29.9 Å². The first-order chi connectivity index (χ1) is 13.8. The molecule has 0 spiro atoms. The first kappa shape index (κ1) is 20.5. The van der Waals surface area contributed by atoms with E-state index in [-0.39, 0.29) is 22.1 Å². The van der Waals surface area contributed by atoms with Crippen LogP contribution in [0.15, 0.2) is 52.6 Å². The van der Waals surface area contributed by atoms with Crippen LogP contribution in [0.5, 0.6) is 0 Å². The molecular formula is C20H20ClN5O3. The zero-order chi connectivity index (χ0) is 21.1. The summed E-state index contributed by atoms with van der Waals surface area (Å²) in [7, 11) is 0. The predicted molar refractivity (Wildman–Crippen MR) is 116 cm³/mol. The monoisotopic (exact) mass is 413 g/mol. The molecule has 150 valence electrons. The van der Waals surface area contributed by atoms with Crippen LogP contribution >= 0.6 is 11.6 Å². The summed E-state index contributed by atoms with van der Waals surface area (Å²) in [6, 6.07) is 11.5. The van der Waals surface area contributed by atoms with Gasteiger partial charge in [0.15, 0.2) is 5.71 Å². The van der Waals surface area contributed by atoms with E-state index in [4.69, 9.17) is 11.6 Å². The van der Waals surface area contributed by atoms with Gasteiger partial charge in [-0.3, -0.25) is 14.9 Å². The highest BCUT2D eigenvalue weighted by molar-refractivity contribution is 6.71. The van der Waals surface area contributed by atoms with Crippen LogP contribution in [0.3, 0.4) is 0 Å². The zero-order valence-corrected chi connectivity index (χ0v) is 17.1. The summed E-state index contributed by atoms with van der Waals surface area (Å²) in [5.74, 6) is -0.541. The number of amides is 1. The van der Waals surface area contributed by atoms with Crippen LogP contribution in [0, 0.1) is 10.1 Å². The molecule has 0 fully saturated rings. The number of rotatable bonds is 6. The van der Waals surface area contributed by atoms with Crippen LogP contribution in [0.1, 0.15) is 20.8 Å². The van der Waals surface area contributed by atoms with Gasteiger partial charge in [-0.05, 0) is 57.2 Å². The van der Waals surface area contributed by atoms with Crippen LogP contribution in [0.2, 0.25) is 5.02 Å². The molecule has 1 aliphatic rings. The van der Waals surface area contributed by atoms with Crippen LogP contribution in [0.25, 0.3) is 0 Å². The number of nitrogens with zero attached hydrogens (tertiary/aromatic N) is 5. The van der Waals surface area contributed by atoms with Crippen LogP contribution < -0.4 is 9.91 Å². The lowest BCUT2D eigenvalue weighted by molar-refractivity contribution is -0.384. The van der Waals surface area contributed by atoms with E-state index in [0.717, 1.165) is 23.8 Å². The van der Waals surface area contributed by atoms with Gasteiger partial charge < -0.3 is 4.90 Å². The quantitative estimate of drug-likeness (QED) is 0.511. The number of hydrogen-bond donors (Lipinski definition) is 0. The summed E-state index contributed by atoms with van der Waals surface area (Å²) in [5.41, 5.74) is 1.92. The Morgan fingerprint density at radius 3 is 2.41 bits per heavy atom. The Kier molecular flexibility index (Phi) is 5.93. The summed E-state index contributed by atoms with van der Waals surface area (Å²) in [5, 5.41) is 16.7. The first-order valence-electron chi connectivity index (χ1n) is 9.13. The Bertz CT molecular complexity index is 1010. The topological polar surface area (TPSA) is 91.4 Å². The molecule has 1 heterocycles. The smallest absolute Gasteiger partial charge is 0.299 e. The molecule has 0 bridgehead atoms. The fraction of sp³-hybridized carbons (Fsp3) is 0.250. The maximum absolute atomic E-state index is 12.9. The van der Waals surface area contributed by atoms with Gasteiger partial charge in [0.05, 0.1) is 16.3 Å². The van der Waals surface area contributed by atoms with Gasteiger partial charge in [0.25, 0.3) is 11.6 Å². The fourth-order valence-corrected chi connectivity index (χ4v) is 3.23. The van der Waals surface area contributed by atoms with E-state index < -0.39 is 10.8 Å². The SMILES string of the molecule is CCN(CC)c1ccc(N=C2C(=O)N(c3cc(Cl)ccc3[N+](=O)[O-])N=C2C)cc1. The Hall–Kier alpha value is -3.26. The van der Waals surface area contributed by atoms with Crippen LogP contribution in [-0.2, 0) is 4.79 Å². The van der Waals surface area contributed by atoms with E-state index in [2.05, 4.69) is 28.8 Å². The third kappa shape index (κ3) is 4.12. The van der Waals surface area contributed by atoms with E-state index in [9.17, 15) is 14.9 Å². The third-order valence-corrected chi connectivity index (χ3v) is 4.80. The van der Waals surface area contributed by atoms with Crippen molar-refractivity contribution in [2.45, 2.75) is 20.8 Å². The number of anilines is 2. The molecular weight excluding hydrogens is 394 g/mol. The highest BCUT2D eigenvalue weighted by atomic mass is 35.5. The standard InChI is InChI=1S/C20H20ClN5O3/c1-4-24(5-2)16-9-7-15(8-10-16)22-19-13(3)23-25(20(19)27)18-12-14(21)6-11-17(18)26(28)29/h6-12H,4-5H2,1-3H3. The van der Waals surface area contributed by atoms with Crippen molar-refractivity contribution in [3.63, 3.8) is 0 Å². The number of nitro groups is 1. The van der Waals surface area contributed by atoms with E-state index in [1.165, 1.54) is 18.2 Å². The summed E-state index contributed by atoms with van der Waals surface area (Å²) in [6.07, 6.45) is 0. The van der Waals surface area contributed by atoms with E-state index in [0.29, 0.717) is 11.4 Å². The number of carbonyl (C=O) groups excluding carboxylic acids is 1. The number of benzene rings is 2. The molecule has 3 rings (SSSR count). The molecule has 0 atom stereocenters. The van der Waals surface area contributed by atoms with Gasteiger partial charge >= 0.3 is 0 Å². The number of nitro benzene ring substituents is 1. The summed E-state index contributed by atoms with van der Waals surface area (Å²) in [4.78, 5) is 30.2. The zero-order valence-electron chi connectivity index (χ0n) is 16.3. The molecule has 8 nitrogen and oxygen atoms in total. The average Bonchev–Trinajstić information content (AvgIpc) is 2.98. The molecule has 1 aliphatic heterocycles. The second kappa shape index (κ2) is 8.40. The van der Waals surface area contributed by atoms with Crippen molar-refractivity contribution in [1.29, 1.82) is 0 Å². The third-order valence-electron chi connectivity index (χ3n) is 4.57. The molecule has 2 aromatic rings. The highest BCUT2D eigenvalue weighted by Crippen LogP contribution is 2.33. The van der Waals surface area contributed by atoms with E-state index in [1.54, 1.807) is 6.92 Å². The van der Waals surface area contributed by atoms with E-state index in [1.807, 2.05) is 24.3 Å². The van der Waals surface area contributed by atoms with Crippen molar-refractivity contribution in [2.75, 3.05) is 23.0 Å². The molecule has 0 unspecified atom stereocenters. The van der Waals surface area contributed by atoms with Gasteiger partial charge in [-0.15, -0.1) is 0 Å². The average molecular weight is 414 g/mol. The van der Waals surface area contributed by atoms with Crippen LogP contribution in [0.4, 0.5) is 22.7 Å². The maximum Gasteiger partial charge on any atom is 0.299 e. The number of hydrogen-bond acceptors (Lipinski definition) is 6. The first-order valence-corrected chi connectivity index (χ1v) is 9.51. The number of hydrazone groups is 1. The predicted octanol–water partition coefficient (Wildman–Crippen LogP) is 4.59. The van der Waals surface area contributed by atoms with Gasteiger partial charge in [0.2, 0.25) is 0 Å². The molecule has 0 radical (unpaired) electrons. The Balaban J connectivity index is 1.93. The van der Waals surface area contributed by atoms with Crippen molar-refractivity contribution in [2.24, 2.45) is 10.1 Å². The highest BCUT2D eigenvalue weighted by Gasteiger charge is 2.34. The second-order valence-corrected chi connectivity index (χ2v) is 6.78. The largest absolute Gasteiger partial charge is 0.372 e. The van der Waals surface area contributed by atoms with Crippen molar-refractivity contribution in [3.8, 4) is 0 Å². The molecule has 9 heteroatoms. The second-order valence-electron chi connectivity index (χ2n) is 6.34. The molecule has 29 heavy (non-hydrogen) atoms. The number of carbonyl (C=O) groups is 1. The minimum Gasteiger partial charge on any atom is -0.372 e. The lowest BCUT2D eigenvalue weighted by atomic mass is 10.2. The minimum absolute atomic E-state index is 0.00827. The van der Waals surface area contributed by atoms with Crippen LogP contribution in [-0.4, -0.2) is 35.3 Å². The minimum atomic E-state index is -0.579. The van der Waals surface area contributed by atoms with Gasteiger partial charge in [-0.1, -0.05) is 11.6 Å². The Morgan fingerprint density at radius 1 is 1.17 bits per heavy atom. The lowest BCUT2D eigenvalue weighted by Gasteiger charge is -2.20. The molecule has 2 aromatic carbocycles. The molecule has 0 saturated carbocycles. The normalized spacial score (nSPS) is 15.0. The van der Waals surface area contributed by atoms with Gasteiger partial charge in [-0.2, -0.15) is 10.1 Å². The summed E-state index contributed by atoms with van der Waals surface area (Å²) in [6.45, 7) is 7.58. The van der Waals surface area contributed by atoms with Crippen molar-refractivity contribution < 1.29 is 9.72 Å². The molecule has 1 amide bonds. The number of aliphatic imine (C=N–C) groups is 1. The summed E-state index contributed by atoms with van der Waals surface area (Å²) < 4.78 is 0.